The first-order chi connectivity index (χ1) is 8.16. The van der Waals surface area contributed by atoms with Crippen LogP contribution in [0.2, 0.25) is 0 Å². The Kier molecular flexibility index (Phi) is 5.67. The number of nitrogen functional groups attached to an aromatic ring is 1. The molecule has 0 amide bonds. The van der Waals surface area contributed by atoms with Crippen molar-refractivity contribution in [1.82, 2.24) is 9.88 Å². The van der Waals surface area contributed by atoms with Crippen molar-refractivity contribution in [1.29, 1.82) is 0 Å². The first kappa shape index (κ1) is 15.0. The number of hydrogen-bond donors (Lipinski definition) is 2. The Balaban J connectivity index is 0.00000162. The molecule has 1 aromatic rings. The predicted molar refractivity (Wildman–Crippen MR) is 70.0 cm³/mol. The van der Waals surface area contributed by atoms with Gasteiger partial charge in [0.1, 0.15) is 0 Å². The average molecular weight is 242 g/mol. The molecule has 0 atom stereocenters. The van der Waals surface area contributed by atoms with Crippen molar-refractivity contribution < 1.29 is 9.90 Å². The maximum Gasteiger partial charge on any atom is 0.306 e. The van der Waals surface area contributed by atoms with Gasteiger partial charge >= 0.3 is 5.97 Å². The Bertz CT molecular complexity index is 406. The fourth-order valence-corrected chi connectivity index (χ4v) is 2.16. The molecule has 1 fully saturated rings. The van der Waals surface area contributed by atoms with Gasteiger partial charge in [0.15, 0.2) is 0 Å². The summed E-state index contributed by atoms with van der Waals surface area (Å²) in [7, 11) is 0. The fraction of sp³-hybridized carbons (Fsp3) is 0.500. The zero-order valence-electron chi connectivity index (χ0n) is 10.7. The van der Waals surface area contributed by atoms with Crippen molar-refractivity contribution in [3.63, 3.8) is 0 Å². The smallest absolute Gasteiger partial charge is 0.306 e. The summed E-state index contributed by atoms with van der Waals surface area (Å²) in [6.45, 7) is 2.41. The molecule has 0 unspecified atom stereocenters. The van der Waals surface area contributed by atoms with Gasteiger partial charge in [-0.1, -0.05) is 0 Å². The van der Waals surface area contributed by atoms with Crippen molar-refractivity contribution in [3.05, 3.63) is 24.0 Å². The van der Waals surface area contributed by atoms with E-state index in [0.717, 1.165) is 38.0 Å². The fourth-order valence-electron chi connectivity index (χ4n) is 2.16. The molecule has 93 valence electrons. The molecule has 18 heavy (non-hydrogen) atoms. The summed E-state index contributed by atoms with van der Waals surface area (Å²) in [5.74, 6) is -0.853. The van der Waals surface area contributed by atoms with Crippen LogP contribution < -0.4 is 5.73 Å². The zero-order chi connectivity index (χ0) is 12.3. The van der Waals surface area contributed by atoms with Crippen LogP contribution in [0.4, 0.5) is 5.69 Å². The van der Waals surface area contributed by atoms with Crippen LogP contribution in [0.5, 0.6) is 0 Å². The van der Waals surface area contributed by atoms with Gasteiger partial charge in [0, 0.05) is 31.6 Å². The van der Waals surface area contributed by atoms with E-state index in [0.29, 0.717) is 5.69 Å². The van der Waals surface area contributed by atoms with Crippen LogP contribution in [-0.2, 0) is 11.3 Å². The molecule has 6 heteroatoms. The Morgan fingerprint density at radius 2 is 2.17 bits per heavy atom. The Morgan fingerprint density at radius 1 is 1.50 bits per heavy atom. The van der Waals surface area contributed by atoms with E-state index in [9.17, 15) is 4.79 Å². The number of likely N-dealkylation sites (tertiary alicyclic amines) is 1. The molecule has 1 aliphatic rings. The molecular formula is C12H17LiN3O2. The molecule has 1 radical (unpaired) electrons. The van der Waals surface area contributed by atoms with Gasteiger partial charge in [-0.3, -0.25) is 14.7 Å². The number of aromatic nitrogens is 1. The van der Waals surface area contributed by atoms with E-state index < -0.39 is 5.97 Å². The van der Waals surface area contributed by atoms with E-state index in [2.05, 4.69) is 9.88 Å². The monoisotopic (exact) mass is 242 g/mol. The first-order valence-electron chi connectivity index (χ1n) is 5.80. The molecule has 0 bridgehead atoms. The third-order valence-corrected chi connectivity index (χ3v) is 3.28. The van der Waals surface area contributed by atoms with Crippen molar-refractivity contribution >= 4 is 30.5 Å². The van der Waals surface area contributed by atoms with Crippen molar-refractivity contribution in [2.75, 3.05) is 18.8 Å². The number of carbonyl (C=O) groups is 1. The van der Waals surface area contributed by atoms with Gasteiger partial charge in [0.25, 0.3) is 0 Å². The number of carboxylic acid groups (broad SMARTS) is 1. The quantitative estimate of drug-likeness (QED) is 0.758. The van der Waals surface area contributed by atoms with Gasteiger partial charge in [0.2, 0.25) is 0 Å². The minimum Gasteiger partial charge on any atom is -0.481 e. The van der Waals surface area contributed by atoms with Gasteiger partial charge in [-0.25, -0.2) is 0 Å². The average Bonchev–Trinajstić information content (AvgIpc) is 2.33. The Morgan fingerprint density at radius 3 is 2.72 bits per heavy atom. The molecule has 1 saturated heterocycles. The number of nitrogens with zero attached hydrogens (tertiary/aromatic N) is 2. The molecule has 0 saturated carbocycles. The molecule has 0 aliphatic carbocycles. The topological polar surface area (TPSA) is 79.5 Å². The van der Waals surface area contributed by atoms with E-state index in [-0.39, 0.29) is 24.8 Å². The molecule has 0 aromatic carbocycles. The van der Waals surface area contributed by atoms with E-state index >= 15 is 0 Å². The zero-order valence-corrected chi connectivity index (χ0v) is 10.7. The van der Waals surface area contributed by atoms with E-state index in [4.69, 9.17) is 10.8 Å². The SMILES string of the molecule is Nc1cnccc1CN1CCC(C(=O)O)CC1.[Li]. The van der Waals surface area contributed by atoms with Crippen LogP contribution in [0, 0.1) is 5.92 Å². The third-order valence-electron chi connectivity index (χ3n) is 3.28. The van der Waals surface area contributed by atoms with Crippen molar-refractivity contribution in [2.45, 2.75) is 19.4 Å². The third kappa shape index (κ3) is 3.74. The minimum absolute atomic E-state index is 0. The van der Waals surface area contributed by atoms with Crippen LogP contribution in [0.15, 0.2) is 18.5 Å². The Hall–Kier alpha value is -1.02. The standard InChI is InChI=1S/C12H17N3O2.Li/c13-11-7-14-4-1-10(11)8-15-5-2-9(3-6-15)12(16)17;/h1,4,7,9H,2-3,5-6,8,13H2,(H,16,17);. The number of carboxylic acids is 1. The van der Waals surface area contributed by atoms with Crippen LogP contribution in [0.25, 0.3) is 0 Å². The summed E-state index contributed by atoms with van der Waals surface area (Å²) >= 11 is 0. The van der Waals surface area contributed by atoms with E-state index in [1.165, 1.54) is 0 Å². The number of piperidine rings is 1. The maximum absolute atomic E-state index is 10.8. The summed E-state index contributed by atoms with van der Waals surface area (Å²) in [5.41, 5.74) is 7.60. The molecule has 5 nitrogen and oxygen atoms in total. The van der Waals surface area contributed by atoms with E-state index in [1.54, 1.807) is 12.4 Å². The molecule has 1 aliphatic heterocycles. The number of nitrogens with two attached hydrogens (primary N) is 1. The summed E-state index contributed by atoms with van der Waals surface area (Å²) in [4.78, 5) is 17.0. The predicted octanol–water partition coefficient (Wildman–Crippen LogP) is 0.580. The summed E-state index contributed by atoms with van der Waals surface area (Å²) in [5, 5.41) is 8.91. The molecule has 3 N–H and O–H groups in total. The first-order valence-corrected chi connectivity index (χ1v) is 5.80. The van der Waals surface area contributed by atoms with Gasteiger partial charge in [-0.05, 0) is 37.6 Å². The van der Waals surface area contributed by atoms with E-state index in [1.807, 2.05) is 6.07 Å². The van der Waals surface area contributed by atoms with Gasteiger partial charge in [-0.15, -0.1) is 0 Å². The molecule has 2 rings (SSSR count). The summed E-state index contributed by atoms with van der Waals surface area (Å²) in [6.07, 6.45) is 4.83. The second kappa shape index (κ2) is 6.79. The van der Waals surface area contributed by atoms with Gasteiger partial charge in [-0.2, -0.15) is 0 Å². The molecular weight excluding hydrogens is 225 g/mol. The van der Waals surface area contributed by atoms with Crippen molar-refractivity contribution in [3.8, 4) is 0 Å². The molecule has 0 spiro atoms. The maximum atomic E-state index is 10.8. The number of aliphatic carboxylic acids is 1. The van der Waals surface area contributed by atoms with Crippen LogP contribution in [-0.4, -0.2) is 52.9 Å². The molecule has 2 heterocycles. The van der Waals surface area contributed by atoms with Gasteiger partial charge < -0.3 is 10.8 Å². The minimum atomic E-state index is -0.673. The van der Waals surface area contributed by atoms with Gasteiger partial charge in [0.05, 0.1) is 17.8 Å². The summed E-state index contributed by atoms with van der Waals surface area (Å²) in [6, 6.07) is 1.92. The van der Waals surface area contributed by atoms with Crippen LogP contribution >= 0.6 is 0 Å². The number of rotatable bonds is 3. The number of hydrogen-bond acceptors (Lipinski definition) is 4. The molecule has 1 aromatic heterocycles. The van der Waals surface area contributed by atoms with Crippen LogP contribution in [0.1, 0.15) is 18.4 Å². The second-order valence-corrected chi connectivity index (χ2v) is 4.46. The Labute approximate surface area is 119 Å². The normalized spacial score (nSPS) is 17.1. The number of pyridine rings is 1. The van der Waals surface area contributed by atoms with Crippen LogP contribution in [0.3, 0.4) is 0 Å². The van der Waals surface area contributed by atoms with Crippen molar-refractivity contribution in [2.24, 2.45) is 5.92 Å². The largest absolute Gasteiger partial charge is 0.481 e. The number of anilines is 1. The summed E-state index contributed by atoms with van der Waals surface area (Å²) < 4.78 is 0. The second-order valence-electron chi connectivity index (χ2n) is 4.46.